The van der Waals surface area contributed by atoms with E-state index in [1.54, 1.807) is 18.3 Å². The van der Waals surface area contributed by atoms with Gasteiger partial charge in [0.2, 0.25) is 0 Å². The van der Waals surface area contributed by atoms with Gasteiger partial charge in [0.05, 0.1) is 12.5 Å². The first kappa shape index (κ1) is 8.98. The van der Waals surface area contributed by atoms with E-state index in [2.05, 4.69) is 4.98 Å². The smallest absolute Gasteiger partial charge is 0.129 e. The van der Waals surface area contributed by atoms with Crippen molar-refractivity contribution in [1.29, 1.82) is 5.26 Å². The minimum absolute atomic E-state index is 0.268. The number of nitrogens with two attached hydrogens (primary N) is 1. The van der Waals surface area contributed by atoms with Gasteiger partial charge in [0.15, 0.2) is 0 Å². The average Bonchev–Trinajstić information content (AvgIpc) is 2.05. The molecule has 1 heterocycles. The summed E-state index contributed by atoms with van der Waals surface area (Å²) in [7, 11) is 0. The van der Waals surface area contributed by atoms with E-state index in [1.165, 1.54) is 0 Å². The molecule has 0 saturated heterocycles. The molecule has 0 bridgehead atoms. The third-order valence-corrected chi connectivity index (χ3v) is 1.70. The van der Waals surface area contributed by atoms with Gasteiger partial charge in [-0.25, -0.2) is 4.98 Å². The summed E-state index contributed by atoms with van der Waals surface area (Å²) in [6.07, 6.45) is 1.87. The average molecular weight is 182 g/mol. The van der Waals surface area contributed by atoms with Gasteiger partial charge in [-0.1, -0.05) is 11.6 Å². The summed E-state index contributed by atoms with van der Waals surface area (Å²) in [5.74, 6) is 0. The number of hydrogen-bond donors (Lipinski definition) is 1. The second-order valence-corrected chi connectivity index (χ2v) is 2.77. The molecule has 12 heavy (non-hydrogen) atoms. The number of rotatable bonds is 2. The Hall–Kier alpha value is -1.11. The number of hydrogen-bond acceptors (Lipinski definition) is 3. The van der Waals surface area contributed by atoms with Gasteiger partial charge in [0, 0.05) is 12.2 Å². The molecule has 0 aliphatic heterocycles. The van der Waals surface area contributed by atoms with E-state index in [0.29, 0.717) is 11.6 Å². The molecule has 0 radical (unpaired) electrons. The molecule has 0 saturated carbocycles. The predicted molar refractivity (Wildman–Crippen MR) is 46.4 cm³/mol. The normalized spacial score (nSPS) is 12.1. The highest BCUT2D eigenvalue weighted by Gasteiger charge is 2.04. The van der Waals surface area contributed by atoms with Crippen LogP contribution >= 0.6 is 11.6 Å². The van der Waals surface area contributed by atoms with E-state index in [4.69, 9.17) is 22.6 Å². The van der Waals surface area contributed by atoms with Gasteiger partial charge in [-0.05, 0) is 17.7 Å². The highest BCUT2D eigenvalue weighted by atomic mass is 35.5. The quantitative estimate of drug-likeness (QED) is 0.706. The predicted octanol–water partition coefficient (Wildman–Crippen LogP) is 1.65. The molecule has 0 aromatic carbocycles. The molecule has 0 amide bonds. The van der Waals surface area contributed by atoms with Crippen LogP contribution in [-0.2, 0) is 0 Å². The Kier molecular flexibility index (Phi) is 3.03. The molecular formula is C8H8ClN3. The standard InChI is InChI=1S/C8H8ClN3/c9-8-5-6(2-4-12-8)7(11)1-3-10/h2,4-5,7H,1,11H2. The Balaban J connectivity index is 2.82. The molecule has 0 aliphatic carbocycles. The second-order valence-electron chi connectivity index (χ2n) is 2.38. The fourth-order valence-electron chi connectivity index (χ4n) is 0.864. The summed E-state index contributed by atoms with van der Waals surface area (Å²) >= 11 is 5.64. The van der Waals surface area contributed by atoms with E-state index in [0.717, 1.165) is 5.56 Å². The Labute approximate surface area is 75.8 Å². The van der Waals surface area contributed by atoms with Gasteiger partial charge >= 0.3 is 0 Å². The summed E-state index contributed by atoms with van der Waals surface area (Å²) in [6.45, 7) is 0. The minimum Gasteiger partial charge on any atom is -0.323 e. The fourth-order valence-corrected chi connectivity index (χ4v) is 1.05. The van der Waals surface area contributed by atoms with Crippen molar-refractivity contribution in [2.45, 2.75) is 12.5 Å². The van der Waals surface area contributed by atoms with Crippen LogP contribution in [0.3, 0.4) is 0 Å². The molecule has 0 fully saturated rings. The first-order chi connectivity index (χ1) is 5.74. The zero-order valence-electron chi connectivity index (χ0n) is 6.37. The summed E-state index contributed by atoms with van der Waals surface area (Å²) in [6, 6.07) is 5.16. The molecule has 2 N–H and O–H groups in total. The molecule has 3 nitrogen and oxygen atoms in total. The van der Waals surface area contributed by atoms with Crippen LogP contribution in [0.4, 0.5) is 0 Å². The summed E-state index contributed by atoms with van der Waals surface area (Å²) in [4.78, 5) is 3.81. The number of aromatic nitrogens is 1. The lowest BCUT2D eigenvalue weighted by Gasteiger charge is -2.06. The van der Waals surface area contributed by atoms with E-state index < -0.39 is 0 Å². The Bertz CT molecular complexity index is 305. The largest absolute Gasteiger partial charge is 0.323 e. The van der Waals surface area contributed by atoms with Crippen molar-refractivity contribution in [3.63, 3.8) is 0 Å². The number of halogens is 1. The minimum atomic E-state index is -0.268. The third-order valence-electron chi connectivity index (χ3n) is 1.49. The zero-order chi connectivity index (χ0) is 8.97. The van der Waals surface area contributed by atoms with Gasteiger partial charge in [-0.15, -0.1) is 0 Å². The van der Waals surface area contributed by atoms with Crippen molar-refractivity contribution in [3.05, 3.63) is 29.0 Å². The molecule has 62 valence electrons. The molecule has 4 heteroatoms. The van der Waals surface area contributed by atoms with Crippen molar-refractivity contribution in [2.24, 2.45) is 5.73 Å². The van der Waals surface area contributed by atoms with E-state index in [9.17, 15) is 0 Å². The van der Waals surface area contributed by atoms with Gasteiger partial charge < -0.3 is 5.73 Å². The molecule has 0 spiro atoms. The van der Waals surface area contributed by atoms with Crippen molar-refractivity contribution in [1.82, 2.24) is 4.98 Å². The highest BCUT2D eigenvalue weighted by molar-refractivity contribution is 6.29. The van der Waals surface area contributed by atoms with Crippen molar-refractivity contribution < 1.29 is 0 Å². The Morgan fingerprint density at radius 1 is 1.75 bits per heavy atom. The van der Waals surface area contributed by atoms with Crippen LogP contribution in [0.5, 0.6) is 0 Å². The number of pyridine rings is 1. The topological polar surface area (TPSA) is 62.7 Å². The van der Waals surface area contributed by atoms with Crippen LogP contribution in [0.2, 0.25) is 5.15 Å². The molecule has 1 aromatic heterocycles. The van der Waals surface area contributed by atoms with Crippen LogP contribution < -0.4 is 5.73 Å². The first-order valence-electron chi connectivity index (χ1n) is 3.48. The molecule has 1 aromatic rings. The lowest BCUT2D eigenvalue weighted by Crippen LogP contribution is -2.09. The Morgan fingerprint density at radius 2 is 2.50 bits per heavy atom. The second kappa shape index (κ2) is 4.05. The van der Waals surface area contributed by atoms with E-state index >= 15 is 0 Å². The summed E-state index contributed by atoms with van der Waals surface area (Å²) in [5.41, 5.74) is 6.51. The number of nitriles is 1. The lowest BCUT2D eigenvalue weighted by atomic mass is 10.1. The highest BCUT2D eigenvalue weighted by Crippen LogP contribution is 2.15. The summed E-state index contributed by atoms with van der Waals surface area (Å²) in [5, 5.41) is 8.79. The van der Waals surface area contributed by atoms with Gasteiger partial charge in [0.25, 0.3) is 0 Å². The van der Waals surface area contributed by atoms with E-state index in [-0.39, 0.29) is 6.04 Å². The molecule has 1 unspecified atom stereocenters. The Morgan fingerprint density at radius 3 is 3.08 bits per heavy atom. The van der Waals surface area contributed by atoms with Crippen molar-refractivity contribution in [2.75, 3.05) is 0 Å². The maximum atomic E-state index is 8.39. The molecule has 1 rings (SSSR count). The molecule has 0 aliphatic rings. The molecule has 1 atom stereocenters. The lowest BCUT2D eigenvalue weighted by molar-refractivity contribution is 0.747. The van der Waals surface area contributed by atoms with Crippen LogP contribution in [-0.4, -0.2) is 4.98 Å². The maximum Gasteiger partial charge on any atom is 0.129 e. The van der Waals surface area contributed by atoms with Crippen molar-refractivity contribution in [3.8, 4) is 6.07 Å². The van der Waals surface area contributed by atoms with Crippen molar-refractivity contribution >= 4 is 11.6 Å². The van der Waals surface area contributed by atoms with Gasteiger partial charge in [-0.3, -0.25) is 0 Å². The van der Waals surface area contributed by atoms with Gasteiger partial charge in [0.1, 0.15) is 5.15 Å². The van der Waals surface area contributed by atoms with E-state index in [1.807, 2.05) is 6.07 Å². The SMILES string of the molecule is N#CCC(N)c1ccnc(Cl)c1. The third kappa shape index (κ3) is 2.19. The van der Waals surface area contributed by atoms with Crippen LogP contribution in [0.15, 0.2) is 18.3 Å². The fraction of sp³-hybridized carbons (Fsp3) is 0.250. The number of nitrogens with zero attached hydrogens (tertiary/aromatic N) is 2. The molecular weight excluding hydrogens is 174 g/mol. The zero-order valence-corrected chi connectivity index (χ0v) is 7.12. The van der Waals surface area contributed by atoms with Crippen LogP contribution in [0.1, 0.15) is 18.0 Å². The monoisotopic (exact) mass is 181 g/mol. The van der Waals surface area contributed by atoms with Crippen LogP contribution in [0.25, 0.3) is 0 Å². The van der Waals surface area contributed by atoms with Crippen LogP contribution in [0, 0.1) is 11.3 Å². The summed E-state index contributed by atoms with van der Waals surface area (Å²) < 4.78 is 0. The van der Waals surface area contributed by atoms with Gasteiger partial charge in [-0.2, -0.15) is 5.26 Å². The maximum absolute atomic E-state index is 8.39. The first-order valence-corrected chi connectivity index (χ1v) is 3.86.